The van der Waals surface area contributed by atoms with Gasteiger partial charge in [-0.15, -0.1) is 0 Å². The van der Waals surface area contributed by atoms with Crippen molar-refractivity contribution in [3.63, 3.8) is 0 Å². The van der Waals surface area contributed by atoms with E-state index in [4.69, 9.17) is 12.2 Å². The molecule has 30 heavy (non-hydrogen) atoms. The molecule has 1 aliphatic carbocycles. The van der Waals surface area contributed by atoms with Crippen molar-refractivity contribution in [1.82, 2.24) is 20.1 Å². The van der Waals surface area contributed by atoms with Crippen LogP contribution in [0.15, 0.2) is 12.1 Å². The number of nitrogens with zero attached hydrogens (tertiary/aromatic N) is 2. The van der Waals surface area contributed by atoms with Gasteiger partial charge in [-0.1, -0.05) is 53.7 Å². The lowest BCUT2D eigenvalue weighted by atomic mass is 9.78. The Hall–Kier alpha value is -2.15. The fourth-order valence-electron chi connectivity index (χ4n) is 3.68. The number of rotatable bonds is 6. The van der Waals surface area contributed by atoms with Gasteiger partial charge in [0.25, 0.3) is 0 Å². The average Bonchev–Trinajstić information content (AvgIpc) is 3.39. The van der Waals surface area contributed by atoms with Gasteiger partial charge >= 0.3 is 0 Å². The summed E-state index contributed by atoms with van der Waals surface area (Å²) in [6.07, 6.45) is 3.23. The first kappa shape index (κ1) is 22.5. The highest BCUT2D eigenvalue weighted by Gasteiger charge is 2.28. The number of aromatic nitrogens is 3. The van der Waals surface area contributed by atoms with Crippen LogP contribution in [0.5, 0.6) is 5.75 Å². The molecule has 0 saturated heterocycles. The molecule has 6 nitrogen and oxygen atoms in total. The van der Waals surface area contributed by atoms with E-state index < -0.39 is 0 Å². The zero-order chi connectivity index (χ0) is 22.3. The summed E-state index contributed by atoms with van der Waals surface area (Å²) in [6.45, 7) is 12.9. The Labute approximate surface area is 184 Å². The molecule has 0 aliphatic heterocycles. The van der Waals surface area contributed by atoms with Crippen LogP contribution in [0.3, 0.4) is 0 Å². The summed E-state index contributed by atoms with van der Waals surface area (Å²) in [5.74, 6) is 1.13. The van der Waals surface area contributed by atoms with Crippen molar-refractivity contribution in [3.8, 4) is 5.75 Å². The number of aromatic hydroxyl groups is 1. The second-order valence-electron chi connectivity index (χ2n) is 10.4. The second-order valence-corrected chi connectivity index (χ2v) is 10.7. The number of aromatic amines is 1. The van der Waals surface area contributed by atoms with Crippen molar-refractivity contribution < 1.29 is 9.90 Å². The molecule has 0 unspecified atom stereocenters. The zero-order valence-electron chi connectivity index (χ0n) is 18.9. The number of phenols is 1. The summed E-state index contributed by atoms with van der Waals surface area (Å²) in [4.78, 5) is 12.5. The molecule has 3 N–H and O–H groups in total. The first-order valence-electron chi connectivity index (χ1n) is 10.7. The Morgan fingerprint density at radius 2 is 1.77 bits per heavy atom. The number of H-pyrrole nitrogens is 1. The van der Waals surface area contributed by atoms with E-state index in [1.165, 1.54) is 0 Å². The number of amides is 1. The van der Waals surface area contributed by atoms with E-state index in [2.05, 4.69) is 57.1 Å². The molecule has 164 valence electrons. The van der Waals surface area contributed by atoms with E-state index in [0.29, 0.717) is 35.9 Å². The molecular formula is C23H34N4O2S. The second kappa shape index (κ2) is 8.17. The quantitative estimate of drug-likeness (QED) is 0.574. The number of phenolic OH excluding ortho intramolecular Hbond substituents is 1. The highest BCUT2D eigenvalue weighted by atomic mass is 32.1. The molecule has 0 spiro atoms. The van der Waals surface area contributed by atoms with Gasteiger partial charge in [0.05, 0.1) is 6.54 Å². The molecule has 2 aromatic rings. The largest absolute Gasteiger partial charge is 0.507 e. The summed E-state index contributed by atoms with van der Waals surface area (Å²) in [7, 11) is 0. The third-order valence-corrected chi connectivity index (χ3v) is 5.85. The summed E-state index contributed by atoms with van der Waals surface area (Å²) in [5.41, 5.74) is 2.55. The minimum absolute atomic E-state index is 0.0195. The fraction of sp³-hybridized carbons (Fsp3) is 0.609. The third-order valence-electron chi connectivity index (χ3n) is 5.56. The minimum atomic E-state index is -0.180. The molecular weight excluding hydrogens is 396 g/mol. The summed E-state index contributed by atoms with van der Waals surface area (Å²) >= 11 is 5.29. The first-order chi connectivity index (χ1) is 13.9. The monoisotopic (exact) mass is 430 g/mol. The average molecular weight is 431 g/mol. The molecule has 1 fully saturated rings. The van der Waals surface area contributed by atoms with E-state index in [-0.39, 0.29) is 16.7 Å². The highest BCUT2D eigenvalue weighted by Crippen LogP contribution is 2.40. The highest BCUT2D eigenvalue weighted by molar-refractivity contribution is 7.71. The SMILES string of the molecule is CC(C)(C)c1cc(CCC(=O)NCc2n[nH]c(=S)n2C2CC2)cc(C(C)(C)C)c1O. The van der Waals surface area contributed by atoms with Gasteiger partial charge in [-0.25, -0.2) is 0 Å². The lowest BCUT2D eigenvalue weighted by molar-refractivity contribution is -0.121. The molecule has 1 amide bonds. The lowest BCUT2D eigenvalue weighted by Crippen LogP contribution is -2.25. The lowest BCUT2D eigenvalue weighted by Gasteiger charge is -2.28. The smallest absolute Gasteiger partial charge is 0.220 e. The Morgan fingerprint density at radius 1 is 1.20 bits per heavy atom. The molecule has 7 heteroatoms. The van der Waals surface area contributed by atoms with E-state index >= 15 is 0 Å². The van der Waals surface area contributed by atoms with E-state index in [0.717, 1.165) is 35.4 Å². The molecule has 0 atom stereocenters. The molecule has 1 aliphatic rings. The van der Waals surface area contributed by atoms with Gasteiger partial charge in [-0.3, -0.25) is 14.5 Å². The van der Waals surface area contributed by atoms with Crippen molar-refractivity contribution in [2.75, 3.05) is 0 Å². The minimum Gasteiger partial charge on any atom is -0.507 e. The topological polar surface area (TPSA) is 82.9 Å². The molecule has 1 saturated carbocycles. The van der Waals surface area contributed by atoms with Crippen LogP contribution in [0.25, 0.3) is 0 Å². The van der Waals surface area contributed by atoms with Crippen LogP contribution in [0.2, 0.25) is 0 Å². The van der Waals surface area contributed by atoms with Crippen LogP contribution >= 0.6 is 12.2 Å². The Balaban J connectivity index is 1.69. The molecule has 3 rings (SSSR count). The summed E-state index contributed by atoms with van der Waals surface area (Å²) < 4.78 is 2.64. The van der Waals surface area contributed by atoms with Crippen molar-refractivity contribution in [2.45, 2.75) is 90.6 Å². The van der Waals surface area contributed by atoms with Crippen molar-refractivity contribution in [2.24, 2.45) is 0 Å². The number of hydrogen-bond donors (Lipinski definition) is 3. The Bertz CT molecular complexity index is 953. The van der Waals surface area contributed by atoms with Gasteiger partial charge < -0.3 is 10.4 Å². The van der Waals surface area contributed by atoms with Crippen LogP contribution in [-0.2, 0) is 28.6 Å². The third kappa shape index (κ3) is 5.12. The molecule has 1 aromatic heterocycles. The number of aryl methyl sites for hydroxylation is 1. The molecule has 0 bridgehead atoms. The van der Waals surface area contributed by atoms with Crippen molar-refractivity contribution >= 4 is 18.1 Å². The zero-order valence-corrected chi connectivity index (χ0v) is 19.7. The van der Waals surface area contributed by atoms with Gasteiger partial charge in [-0.2, -0.15) is 5.10 Å². The van der Waals surface area contributed by atoms with Crippen molar-refractivity contribution in [3.05, 3.63) is 39.4 Å². The molecule has 1 aromatic carbocycles. The van der Waals surface area contributed by atoms with Crippen LogP contribution < -0.4 is 5.32 Å². The summed E-state index contributed by atoms with van der Waals surface area (Å²) in [5, 5.41) is 20.9. The Kier molecular flexibility index (Phi) is 6.14. The van der Waals surface area contributed by atoms with Gasteiger partial charge in [0.2, 0.25) is 5.91 Å². The molecule has 1 heterocycles. The van der Waals surface area contributed by atoms with Crippen LogP contribution in [0.1, 0.15) is 89.4 Å². The fourth-order valence-corrected chi connectivity index (χ4v) is 3.98. The first-order valence-corrected chi connectivity index (χ1v) is 11.1. The van der Waals surface area contributed by atoms with E-state index in [1.807, 2.05) is 16.7 Å². The van der Waals surface area contributed by atoms with E-state index in [1.54, 1.807) is 0 Å². The molecule has 0 radical (unpaired) electrons. The maximum absolute atomic E-state index is 12.5. The van der Waals surface area contributed by atoms with Crippen LogP contribution in [0.4, 0.5) is 0 Å². The summed E-state index contributed by atoms with van der Waals surface area (Å²) in [6, 6.07) is 4.50. The predicted octanol–water partition coefficient (Wildman–Crippen LogP) is 4.83. The number of nitrogens with one attached hydrogen (secondary N) is 2. The van der Waals surface area contributed by atoms with E-state index in [9.17, 15) is 9.90 Å². The maximum atomic E-state index is 12.5. The maximum Gasteiger partial charge on any atom is 0.220 e. The van der Waals surface area contributed by atoms with Gasteiger partial charge in [-0.05, 0) is 59.0 Å². The Morgan fingerprint density at radius 3 is 2.27 bits per heavy atom. The predicted molar refractivity (Wildman–Crippen MR) is 121 cm³/mol. The van der Waals surface area contributed by atoms with Gasteiger partial charge in [0.1, 0.15) is 5.75 Å². The number of carbonyl (C=O) groups is 1. The standard InChI is InChI=1S/C23H34N4O2S/c1-22(2,3)16-11-14(12-17(20(16)29)23(4,5)6)7-10-19(28)24-13-18-25-26-21(30)27(18)15-8-9-15/h11-12,15,29H,7-10,13H2,1-6H3,(H,24,28)(H,26,30). The van der Waals surface area contributed by atoms with Gasteiger partial charge in [0, 0.05) is 12.5 Å². The number of hydrogen-bond acceptors (Lipinski definition) is 4. The normalized spacial score (nSPS) is 14.7. The van der Waals surface area contributed by atoms with Gasteiger partial charge in [0.15, 0.2) is 10.6 Å². The van der Waals surface area contributed by atoms with Crippen molar-refractivity contribution in [1.29, 1.82) is 0 Å². The van der Waals surface area contributed by atoms with Crippen LogP contribution in [0, 0.1) is 4.77 Å². The van der Waals surface area contributed by atoms with Crippen LogP contribution in [-0.4, -0.2) is 25.8 Å². The number of benzene rings is 1. The number of carbonyl (C=O) groups excluding carboxylic acids is 1.